The smallest absolute Gasteiger partial charge is 0.0468 e. The molecule has 11 rings (SSSR count). The van der Waals surface area contributed by atoms with E-state index in [0.717, 1.165) is 25.7 Å². The summed E-state index contributed by atoms with van der Waals surface area (Å²) in [7, 11) is 0. The molecule has 280 valence electrons. The van der Waals surface area contributed by atoms with Crippen molar-refractivity contribution in [2.45, 2.75) is 50.4 Å². The van der Waals surface area contributed by atoms with E-state index < -0.39 is 0 Å². The maximum atomic E-state index is 2.54. The van der Waals surface area contributed by atoms with Gasteiger partial charge in [0.25, 0.3) is 0 Å². The zero-order chi connectivity index (χ0) is 38.8. The van der Waals surface area contributed by atoms with Gasteiger partial charge in [0.2, 0.25) is 0 Å². The highest BCUT2D eigenvalue weighted by Crippen LogP contribution is 2.56. The van der Waals surface area contributed by atoms with E-state index >= 15 is 0 Å². The Labute approximate surface area is 342 Å². The third-order valence-corrected chi connectivity index (χ3v) is 13.4. The summed E-state index contributed by atoms with van der Waals surface area (Å²) in [6.45, 7) is 4.75. The number of aryl methyl sites for hydroxylation is 2. The van der Waals surface area contributed by atoms with Crippen LogP contribution in [-0.4, -0.2) is 0 Å². The van der Waals surface area contributed by atoms with E-state index in [1.165, 1.54) is 89.8 Å². The van der Waals surface area contributed by atoms with Crippen LogP contribution in [0.1, 0.15) is 60.1 Å². The summed E-state index contributed by atoms with van der Waals surface area (Å²) in [4.78, 5) is 4.89. The van der Waals surface area contributed by atoms with Crippen LogP contribution in [-0.2, 0) is 23.7 Å². The van der Waals surface area contributed by atoms with Crippen molar-refractivity contribution in [2.75, 3.05) is 9.80 Å². The van der Waals surface area contributed by atoms with Crippen molar-refractivity contribution < 1.29 is 0 Å². The summed E-state index contributed by atoms with van der Waals surface area (Å²) in [5, 5.41) is 0. The van der Waals surface area contributed by atoms with Crippen LogP contribution in [0.4, 0.5) is 34.1 Å². The second-order valence-corrected chi connectivity index (χ2v) is 16.9. The minimum absolute atomic E-state index is 0.0210. The largest absolute Gasteiger partial charge is 0.310 e. The molecule has 8 aromatic carbocycles. The molecular formula is C56H46N2. The first-order chi connectivity index (χ1) is 28.5. The lowest BCUT2D eigenvalue weighted by Crippen LogP contribution is -2.22. The fourth-order valence-electron chi connectivity index (χ4n) is 10.6. The van der Waals surface area contributed by atoms with Gasteiger partial charge in [0.15, 0.2) is 0 Å². The Balaban J connectivity index is 1.03. The second kappa shape index (κ2) is 13.5. The van der Waals surface area contributed by atoms with Gasteiger partial charge in [-0.1, -0.05) is 129 Å². The summed E-state index contributed by atoms with van der Waals surface area (Å²) in [5.74, 6) is 0. The van der Waals surface area contributed by atoms with Crippen LogP contribution >= 0.6 is 0 Å². The Morgan fingerprint density at radius 3 is 1.28 bits per heavy atom. The molecule has 0 saturated carbocycles. The van der Waals surface area contributed by atoms with Gasteiger partial charge < -0.3 is 9.80 Å². The molecule has 1 spiro atoms. The number of hydrogen-bond acceptors (Lipinski definition) is 2. The summed E-state index contributed by atoms with van der Waals surface area (Å²) < 4.78 is 0. The van der Waals surface area contributed by atoms with Gasteiger partial charge in [-0.05, 0) is 160 Å². The van der Waals surface area contributed by atoms with Crippen LogP contribution in [0.15, 0.2) is 194 Å². The molecule has 3 aliphatic carbocycles. The van der Waals surface area contributed by atoms with E-state index in [9.17, 15) is 0 Å². The molecule has 0 fully saturated rings. The number of rotatable bonds is 7. The number of para-hydroxylation sites is 3. The number of fused-ring (bicyclic) bond motifs is 7. The van der Waals surface area contributed by atoms with Crippen molar-refractivity contribution in [1.29, 1.82) is 0 Å². The first-order valence-electron chi connectivity index (χ1n) is 20.9. The molecule has 2 heteroatoms. The minimum Gasteiger partial charge on any atom is -0.310 e. The number of hydrogen-bond donors (Lipinski definition) is 0. The molecule has 2 nitrogen and oxygen atoms in total. The van der Waals surface area contributed by atoms with Crippen LogP contribution in [0, 0.1) is 0 Å². The zero-order valence-electron chi connectivity index (χ0n) is 33.2. The molecule has 58 heavy (non-hydrogen) atoms. The summed E-state index contributed by atoms with van der Waals surface area (Å²) in [5.41, 5.74) is 20.9. The fraction of sp³-hybridized carbons (Fsp3) is 0.143. The molecular weight excluding hydrogens is 701 g/mol. The molecule has 0 aliphatic heterocycles. The molecule has 0 amide bonds. The molecule has 0 saturated heterocycles. The molecule has 0 bridgehead atoms. The lowest BCUT2D eigenvalue weighted by atomic mass is 9.76. The monoisotopic (exact) mass is 746 g/mol. The first kappa shape index (κ1) is 34.6. The zero-order valence-corrected chi connectivity index (χ0v) is 33.2. The van der Waals surface area contributed by atoms with Crippen molar-refractivity contribution in [3.8, 4) is 22.3 Å². The molecule has 1 atom stereocenters. The van der Waals surface area contributed by atoms with Gasteiger partial charge in [-0.15, -0.1) is 0 Å². The van der Waals surface area contributed by atoms with E-state index in [-0.39, 0.29) is 10.8 Å². The van der Waals surface area contributed by atoms with Gasteiger partial charge in [0, 0.05) is 45.0 Å². The van der Waals surface area contributed by atoms with Crippen molar-refractivity contribution in [3.05, 3.63) is 228 Å². The Hall–Kier alpha value is -6.64. The second-order valence-electron chi connectivity index (χ2n) is 16.9. The lowest BCUT2D eigenvalue weighted by Gasteiger charge is -2.32. The van der Waals surface area contributed by atoms with E-state index in [2.05, 4.69) is 218 Å². The van der Waals surface area contributed by atoms with Crippen LogP contribution in [0.3, 0.4) is 0 Å². The summed E-state index contributed by atoms with van der Waals surface area (Å²) >= 11 is 0. The number of anilines is 6. The van der Waals surface area contributed by atoms with Gasteiger partial charge in [0.1, 0.15) is 0 Å². The number of benzene rings is 8. The van der Waals surface area contributed by atoms with Crippen molar-refractivity contribution >= 4 is 34.1 Å². The van der Waals surface area contributed by atoms with Crippen LogP contribution in [0.5, 0.6) is 0 Å². The van der Waals surface area contributed by atoms with Gasteiger partial charge in [-0.3, -0.25) is 0 Å². The average molecular weight is 747 g/mol. The standard InChI is InChI=1S/C56H46N2/c1-55(2)51-29-25-42(39-15-7-3-8-16-39)35-49(51)50-36-46(28-30-52(50)55)58(45-21-13-6-14-22-45)48-27-24-41-32-34-56(54(41)38-48)33-31-40-23-26-47(37-53(40)56)57(43-17-9-4-10-18-43)44-19-11-5-12-20-44/h3-30,35-38H,31-34H2,1-2H3/t56-/m1/s1. The van der Waals surface area contributed by atoms with Gasteiger partial charge in [-0.25, -0.2) is 0 Å². The topological polar surface area (TPSA) is 6.48 Å². The maximum absolute atomic E-state index is 2.54. The predicted octanol–water partition coefficient (Wildman–Crippen LogP) is 14.8. The lowest BCUT2D eigenvalue weighted by molar-refractivity contribution is 0.507. The van der Waals surface area contributed by atoms with Crippen LogP contribution in [0.2, 0.25) is 0 Å². The fourth-order valence-corrected chi connectivity index (χ4v) is 10.6. The number of nitrogens with zero attached hydrogens (tertiary/aromatic N) is 2. The summed E-state index contributed by atoms with van der Waals surface area (Å²) in [6, 6.07) is 72.1. The van der Waals surface area contributed by atoms with E-state index in [0.29, 0.717) is 0 Å². The third-order valence-electron chi connectivity index (χ3n) is 13.4. The summed E-state index contributed by atoms with van der Waals surface area (Å²) in [6.07, 6.45) is 4.47. The van der Waals surface area contributed by atoms with E-state index in [1.807, 2.05) is 0 Å². The molecule has 0 aromatic heterocycles. The molecule has 0 N–H and O–H groups in total. The first-order valence-corrected chi connectivity index (χ1v) is 20.9. The molecule has 0 unspecified atom stereocenters. The normalized spacial score (nSPS) is 16.7. The van der Waals surface area contributed by atoms with Gasteiger partial charge in [-0.2, -0.15) is 0 Å². The Morgan fingerprint density at radius 2 is 0.759 bits per heavy atom. The predicted molar refractivity (Wildman–Crippen MR) is 243 cm³/mol. The molecule has 3 aliphatic rings. The van der Waals surface area contributed by atoms with Crippen LogP contribution in [0.25, 0.3) is 22.3 Å². The third kappa shape index (κ3) is 5.46. The molecule has 8 aromatic rings. The van der Waals surface area contributed by atoms with Crippen molar-refractivity contribution in [3.63, 3.8) is 0 Å². The Morgan fingerprint density at radius 1 is 0.345 bits per heavy atom. The van der Waals surface area contributed by atoms with E-state index in [1.54, 1.807) is 0 Å². The quantitative estimate of drug-likeness (QED) is 0.160. The minimum atomic E-state index is -0.0821. The average Bonchev–Trinajstić information content (AvgIpc) is 3.91. The highest BCUT2D eigenvalue weighted by Gasteiger charge is 2.45. The van der Waals surface area contributed by atoms with Gasteiger partial charge in [0.05, 0.1) is 0 Å². The SMILES string of the molecule is CC1(C)c2ccc(-c3ccccc3)cc2-c2cc(N(c3ccccc3)c3ccc4c(c3)[C@]3(CCc5ccc(N(c6ccccc6)c6ccccc6)cc53)CC4)ccc21. The van der Waals surface area contributed by atoms with Gasteiger partial charge >= 0.3 is 0 Å². The Bertz CT molecular complexity index is 2760. The van der Waals surface area contributed by atoms with Crippen molar-refractivity contribution in [2.24, 2.45) is 0 Å². The van der Waals surface area contributed by atoms with Crippen LogP contribution < -0.4 is 9.80 Å². The van der Waals surface area contributed by atoms with Crippen molar-refractivity contribution in [1.82, 2.24) is 0 Å². The highest BCUT2D eigenvalue weighted by atomic mass is 15.1. The van der Waals surface area contributed by atoms with E-state index in [4.69, 9.17) is 0 Å². The Kier molecular flexibility index (Phi) is 8.05. The molecule has 0 radical (unpaired) electrons. The highest BCUT2D eigenvalue weighted by molar-refractivity contribution is 5.89. The maximum Gasteiger partial charge on any atom is 0.0468 e. The molecule has 0 heterocycles.